The van der Waals surface area contributed by atoms with Crippen LogP contribution in [-0.4, -0.2) is 31.2 Å². The zero-order chi connectivity index (χ0) is 12.3. The van der Waals surface area contributed by atoms with Crippen LogP contribution < -0.4 is 5.73 Å². The van der Waals surface area contributed by atoms with Gasteiger partial charge in [-0.2, -0.15) is 0 Å². The zero-order valence-electron chi connectivity index (χ0n) is 10.4. The summed E-state index contributed by atoms with van der Waals surface area (Å²) < 4.78 is 13.1. The first kappa shape index (κ1) is 12.4. The van der Waals surface area contributed by atoms with Gasteiger partial charge < -0.3 is 10.6 Å². The molecule has 2 N–H and O–H groups in total. The Morgan fingerprint density at radius 1 is 1.29 bits per heavy atom. The first-order valence-corrected chi connectivity index (χ1v) is 6.38. The maximum Gasteiger partial charge on any atom is 0.0941 e. The third-order valence-electron chi connectivity index (χ3n) is 3.62. The van der Waals surface area contributed by atoms with Crippen LogP contribution in [0.1, 0.15) is 24.8 Å². The first-order chi connectivity index (χ1) is 8.24. The molecule has 2 rings (SSSR count). The molecule has 1 heterocycles. The minimum Gasteiger partial charge on any atom is -0.399 e. The maximum atomic E-state index is 13.1. The van der Waals surface area contributed by atoms with Gasteiger partial charge in [0.05, 0.1) is 6.67 Å². The molecule has 0 bridgehead atoms. The summed E-state index contributed by atoms with van der Waals surface area (Å²) in [6.45, 7) is 4.88. The summed E-state index contributed by atoms with van der Waals surface area (Å²) in [4.78, 5) is 2.37. The Balaban J connectivity index is 2.11. The number of nitrogens with two attached hydrogens (primary N) is 1. The molecule has 0 radical (unpaired) electrons. The van der Waals surface area contributed by atoms with Gasteiger partial charge in [-0.1, -0.05) is 19.1 Å². The van der Waals surface area contributed by atoms with Gasteiger partial charge in [0.2, 0.25) is 0 Å². The SMILES string of the molecule is CCCN1C[C@H](CF)[C@@H](c2ccc(N)cc2)C1. The third-order valence-corrected chi connectivity index (χ3v) is 3.62. The van der Waals surface area contributed by atoms with E-state index < -0.39 is 0 Å². The van der Waals surface area contributed by atoms with E-state index in [0.29, 0.717) is 5.92 Å². The van der Waals surface area contributed by atoms with Gasteiger partial charge in [0.15, 0.2) is 0 Å². The minimum absolute atomic E-state index is 0.144. The Kier molecular flexibility index (Phi) is 4.00. The van der Waals surface area contributed by atoms with Crippen LogP contribution >= 0.6 is 0 Å². The van der Waals surface area contributed by atoms with E-state index in [1.165, 1.54) is 5.56 Å². The molecule has 0 saturated carbocycles. The molecule has 0 unspecified atom stereocenters. The van der Waals surface area contributed by atoms with Gasteiger partial charge in [0, 0.05) is 30.6 Å². The number of halogens is 1. The zero-order valence-corrected chi connectivity index (χ0v) is 10.4. The monoisotopic (exact) mass is 236 g/mol. The number of benzene rings is 1. The lowest BCUT2D eigenvalue weighted by Gasteiger charge is -2.16. The number of hydrogen-bond acceptors (Lipinski definition) is 2. The summed E-state index contributed by atoms with van der Waals surface area (Å²) >= 11 is 0. The van der Waals surface area contributed by atoms with Crippen molar-refractivity contribution < 1.29 is 4.39 Å². The van der Waals surface area contributed by atoms with E-state index in [-0.39, 0.29) is 12.6 Å². The highest BCUT2D eigenvalue weighted by Gasteiger charge is 2.33. The fourth-order valence-corrected chi connectivity index (χ4v) is 2.74. The molecule has 2 atom stereocenters. The average Bonchev–Trinajstić information content (AvgIpc) is 2.74. The standard InChI is InChI=1S/C14H21FN2/c1-2-7-17-9-12(8-15)14(10-17)11-3-5-13(16)6-4-11/h3-6,12,14H,2,7-10,16H2,1H3/t12-,14+/m0/s1. The molecule has 0 amide bonds. The summed E-state index contributed by atoms with van der Waals surface area (Å²) in [5.41, 5.74) is 7.68. The van der Waals surface area contributed by atoms with Crippen LogP contribution in [0.25, 0.3) is 0 Å². The van der Waals surface area contributed by atoms with Gasteiger partial charge in [-0.25, -0.2) is 0 Å². The molecule has 3 heteroatoms. The lowest BCUT2D eigenvalue weighted by atomic mass is 9.90. The second kappa shape index (κ2) is 5.50. The second-order valence-corrected chi connectivity index (χ2v) is 4.95. The second-order valence-electron chi connectivity index (χ2n) is 4.95. The Bertz CT molecular complexity index is 350. The summed E-state index contributed by atoms with van der Waals surface area (Å²) in [6, 6.07) is 7.90. The molecular formula is C14H21FN2. The number of nitrogen functional groups attached to an aromatic ring is 1. The largest absolute Gasteiger partial charge is 0.399 e. The van der Waals surface area contributed by atoms with Gasteiger partial charge in [-0.05, 0) is 30.7 Å². The Morgan fingerprint density at radius 3 is 2.59 bits per heavy atom. The van der Waals surface area contributed by atoms with E-state index in [1.54, 1.807) is 0 Å². The molecular weight excluding hydrogens is 215 g/mol. The molecule has 2 nitrogen and oxygen atoms in total. The molecule has 0 spiro atoms. The first-order valence-electron chi connectivity index (χ1n) is 6.38. The van der Waals surface area contributed by atoms with Gasteiger partial charge in [0.1, 0.15) is 0 Å². The quantitative estimate of drug-likeness (QED) is 0.814. The van der Waals surface area contributed by atoms with E-state index >= 15 is 0 Å². The molecule has 1 saturated heterocycles. The highest BCUT2D eigenvalue weighted by Crippen LogP contribution is 2.33. The number of alkyl halides is 1. The van der Waals surface area contributed by atoms with E-state index in [0.717, 1.165) is 31.7 Å². The maximum absolute atomic E-state index is 13.1. The van der Waals surface area contributed by atoms with Crippen molar-refractivity contribution in [2.24, 2.45) is 5.92 Å². The predicted octanol–water partition coefficient (Wildman–Crippen LogP) is 2.66. The van der Waals surface area contributed by atoms with Crippen molar-refractivity contribution in [3.63, 3.8) is 0 Å². The summed E-state index contributed by atoms with van der Waals surface area (Å²) in [7, 11) is 0. The molecule has 1 aromatic carbocycles. The summed E-state index contributed by atoms with van der Waals surface area (Å²) in [5.74, 6) is 0.470. The van der Waals surface area contributed by atoms with Gasteiger partial charge in [0.25, 0.3) is 0 Å². The molecule has 1 aliphatic heterocycles. The van der Waals surface area contributed by atoms with Gasteiger partial charge >= 0.3 is 0 Å². The fourth-order valence-electron chi connectivity index (χ4n) is 2.74. The van der Waals surface area contributed by atoms with Crippen molar-refractivity contribution in [3.8, 4) is 0 Å². The van der Waals surface area contributed by atoms with Crippen LogP contribution in [0.2, 0.25) is 0 Å². The summed E-state index contributed by atoms with van der Waals surface area (Å²) in [6.07, 6.45) is 1.13. The van der Waals surface area contributed by atoms with Crippen molar-refractivity contribution in [3.05, 3.63) is 29.8 Å². The van der Waals surface area contributed by atoms with E-state index in [4.69, 9.17) is 5.73 Å². The molecule has 1 aromatic rings. The van der Waals surface area contributed by atoms with Crippen LogP contribution in [0, 0.1) is 5.92 Å². The number of hydrogen-bond donors (Lipinski definition) is 1. The van der Waals surface area contributed by atoms with E-state index in [9.17, 15) is 4.39 Å². The highest BCUT2D eigenvalue weighted by molar-refractivity contribution is 5.40. The Morgan fingerprint density at radius 2 is 2.00 bits per heavy atom. The minimum atomic E-state index is -0.227. The van der Waals surface area contributed by atoms with Crippen molar-refractivity contribution in [1.82, 2.24) is 4.90 Å². The van der Waals surface area contributed by atoms with Crippen molar-refractivity contribution >= 4 is 5.69 Å². The Hall–Kier alpha value is -1.09. The number of nitrogens with zero attached hydrogens (tertiary/aromatic N) is 1. The van der Waals surface area contributed by atoms with Gasteiger partial charge in [-0.15, -0.1) is 0 Å². The molecule has 0 aromatic heterocycles. The molecule has 17 heavy (non-hydrogen) atoms. The molecule has 0 aliphatic carbocycles. The van der Waals surface area contributed by atoms with E-state index in [1.807, 2.05) is 24.3 Å². The summed E-state index contributed by atoms with van der Waals surface area (Å²) in [5, 5.41) is 0. The van der Waals surface area contributed by atoms with Crippen LogP contribution in [0.15, 0.2) is 24.3 Å². The normalized spacial score (nSPS) is 25.3. The lowest BCUT2D eigenvalue weighted by Crippen LogP contribution is -2.21. The fraction of sp³-hybridized carbons (Fsp3) is 0.571. The smallest absolute Gasteiger partial charge is 0.0941 e. The molecule has 1 aliphatic rings. The van der Waals surface area contributed by atoms with Crippen LogP contribution in [0.4, 0.5) is 10.1 Å². The number of anilines is 1. The van der Waals surface area contributed by atoms with Crippen LogP contribution in [0.3, 0.4) is 0 Å². The Labute approximate surface area is 103 Å². The number of rotatable bonds is 4. The average molecular weight is 236 g/mol. The number of likely N-dealkylation sites (tertiary alicyclic amines) is 1. The van der Waals surface area contributed by atoms with Crippen molar-refractivity contribution in [2.45, 2.75) is 19.3 Å². The van der Waals surface area contributed by atoms with Crippen molar-refractivity contribution in [1.29, 1.82) is 0 Å². The van der Waals surface area contributed by atoms with E-state index in [2.05, 4.69) is 11.8 Å². The van der Waals surface area contributed by atoms with Crippen LogP contribution in [-0.2, 0) is 0 Å². The van der Waals surface area contributed by atoms with Crippen molar-refractivity contribution in [2.75, 3.05) is 32.0 Å². The van der Waals surface area contributed by atoms with Gasteiger partial charge in [-0.3, -0.25) is 4.39 Å². The molecule has 1 fully saturated rings. The van der Waals surface area contributed by atoms with Crippen LogP contribution in [0.5, 0.6) is 0 Å². The molecule has 94 valence electrons. The lowest BCUT2D eigenvalue weighted by molar-refractivity contribution is 0.302. The highest BCUT2D eigenvalue weighted by atomic mass is 19.1. The third kappa shape index (κ3) is 2.78. The predicted molar refractivity (Wildman–Crippen MR) is 69.8 cm³/mol. The topological polar surface area (TPSA) is 29.3 Å².